The Bertz CT molecular complexity index is 8030. The van der Waals surface area contributed by atoms with Crippen LogP contribution in [0.3, 0.4) is 0 Å². The number of nitrogens with zero attached hydrogens (tertiary/aromatic N) is 4. The zero-order chi connectivity index (χ0) is 80.0. The molecule has 0 saturated carbocycles. The zero-order valence-corrected chi connectivity index (χ0v) is 66.2. The van der Waals surface area contributed by atoms with Gasteiger partial charge < -0.3 is 38.4 Å². The summed E-state index contributed by atoms with van der Waals surface area (Å²) in [5.41, 5.74) is 34.7. The van der Waals surface area contributed by atoms with E-state index < -0.39 is 5.41 Å². The van der Waals surface area contributed by atoms with Crippen LogP contribution >= 0.6 is 0 Å². The Morgan fingerprint density at radius 2 is 0.707 bits per heavy atom. The van der Waals surface area contributed by atoms with E-state index in [1.807, 2.05) is 54.6 Å². The summed E-state index contributed by atoms with van der Waals surface area (Å²) in [6.45, 7) is -0.591. The van der Waals surface area contributed by atoms with Gasteiger partial charge in [0.05, 0.1) is 22.5 Å². The molecule has 0 fully saturated rings. The standard InChI is InChI=1S/C113H66B2N4O4/c1-2-21-67(22-3-1)69-47-54-78(55-48-69)119-110-82-27-8-5-24-73(82)49-58-86(110)107-81-57-50-74(61-76(81)63-97-109(107)115(119)93-65-104-105(123-101-40-19-18-39-100(101)122-104)66-96(93)116(97)79-56-60-102-103(64-79)121-99-38-17-16-37-98(99)120-102)71-43-41-68(42-44-71)70-45-52-77(53-46-70)118-95-59-51-72-23-4-7-26-80(72)106(95)87-62-75-25-6-9-28-83(75)111-108(87)114(118)92-35-20-34-91-112(92)117(111)94-36-15-14-33-90(94)113(91)88-31-12-10-29-84(88)85-30-11-13-32-89(85)113/h1-66H. The van der Waals surface area contributed by atoms with Gasteiger partial charge in [-0.15, -0.1) is 0 Å². The van der Waals surface area contributed by atoms with Crippen molar-refractivity contribution in [2.24, 2.45) is 0 Å². The molecule has 0 aromatic heterocycles. The lowest BCUT2D eigenvalue weighted by Gasteiger charge is -2.52. The molecule has 7 aliphatic heterocycles. The number of benzene rings is 20. The fourth-order valence-corrected chi connectivity index (χ4v) is 22.4. The highest BCUT2D eigenvalue weighted by Crippen LogP contribution is 2.66. The molecule has 0 atom stereocenters. The Hall–Kier alpha value is -16.0. The normalized spacial score (nSPS) is 14.1. The molecule has 1 aliphatic carbocycles. The molecule has 0 amide bonds. The molecule has 0 unspecified atom stereocenters. The number of fused-ring (bicyclic) bond motifs is 29. The first kappa shape index (κ1) is 66.9. The molecule has 7 heterocycles. The predicted octanol–water partition coefficient (Wildman–Crippen LogP) is 27.2. The highest BCUT2D eigenvalue weighted by molar-refractivity contribution is 6.95. The van der Waals surface area contributed by atoms with Crippen LogP contribution in [0, 0.1) is 0 Å². The summed E-state index contributed by atoms with van der Waals surface area (Å²) in [5, 5.41) is 9.46. The first-order chi connectivity index (χ1) is 61.0. The summed E-state index contributed by atoms with van der Waals surface area (Å²) in [6, 6.07) is 148. The Morgan fingerprint density at radius 3 is 1.41 bits per heavy atom. The van der Waals surface area contributed by atoms with Crippen LogP contribution in [0.4, 0.5) is 56.9 Å². The van der Waals surface area contributed by atoms with Crippen LogP contribution in [0.25, 0.3) is 110 Å². The van der Waals surface area contributed by atoms with Gasteiger partial charge in [-0.1, -0.05) is 291 Å². The SMILES string of the molecule is c1ccc(-c2ccc(N3B4c5cc6c(cc5N(c5ccc7c(c5)Oc5ccccc5O7)c5cc7cc(-c8ccc(-c9ccc(N%10B%11c%12cccc%13c%12N(c%12ccccc%12C%13%12c%13ccccc%13-c%13ccccc%13%12)c%12c%11c(cc%11ccccc%12%11)-c%11c%10ccc%10ccccc%11%10)cc9)cc8)ccc7c(c54)-c4ccc5ccccc5c43)Oc3ccccc3O6)cc2)cc1. The predicted molar refractivity (Wildman–Crippen MR) is 504 cm³/mol. The lowest BCUT2D eigenvalue weighted by Crippen LogP contribution is -2.62. The molecular weight excluding hydrogens is 1500 g/mol. The van der Waals surface area contributed by atoms with Gasteiger partial charge in [-0.05, 0) is 229 Å². The minimum atomic E-state index is -0.582. The number of para-hydroxylation sites is 6. The second kappa shape index (κ2) is 25.0. The van der Waals surface area contributed by atoms with Crippen molar-refractivity contribution in [3.05, 3.63) is 423 Å². The summed E-state index contributed by atoms with van der Waals surface area (Å²) in [4.78, 5) is 10.4. The third-order valence-electron chi connectivity index (χ3n) is 27.4. The van der Waals surface area contributed by atoms with Crippen molar-refractivity contribution in [1.29, 1.82) is 0 Å². The van der Waals surface area contributed by atoms with E-state index in [0.29, 0.717) is 46.0 Å². The van der Waals surface area contributed by atoms with Crippen LogP contribution in [0.2, 0.25) is 0 Å². The fourth-order valence-electron chi connectivity index (χ4n) is 22.4. The van der Waals surface area contributed by atoms with Crippen molar-refractivity contribution in [2.45, 2.75) is 5.41 Å². The minimum Gasteiger partial charge on any atom is -0.450 e. The smallest absolute Gasteiger partial charge is 0.333 e. The van der Waals surface area contributed by atoms with E-state index in [2.05, 4.69) is 365 Å². The lowest BCUT2D eigenvalue weighted by molar-refractivity contribution is 0.359. The van der Waals surface area contributed by atoms with Crippen molar-refractivity contribution >= 4 is 136 Å². The molecule has 20 aromatic rings. The van der Waals surface area contributed by atoms with Crippen molar-refractivity contribution in [3.8, 4) is 113 Å². The molecule has 123 heavy (non-hydrogen) atoms. The molecule has 0 N–H and O–H groups in total. The maximum absolute atomic E-state index is 6.96. The highest BCUT2D eigenvalue weighted by atomic mass is 16.6. The molecule has 568 valence electrons. The quantitative estimate of drug-likeness (QED) is 0.153. The zero-order valence-electron chi connectivity index (χ0n) is 66.2. The van der Waals surface area contributed by atoms with E-state index in [1.165, 1.54) is 105 Å². The van der Waals surface area contributed by atoms with Gasteiger partial charge in [0.2, 0.25) is 0 Å². The van der Waals surface area contributed by atoms with Crippen molar-refractivity contribution in [3.63, 3.8) is 0 Å². The second-order valence-corrected chi connectivity index (χ2v) is 33.5. The van der Waals surface area contributed by atoms with Gasteiger partial charge in [0.25, 0.3) is 0 Å². The van der Waals surface area contributed by atoms with E-state index in [9.17, 15) is 0 Å². The van der Waals surface area contributed by atoms with Gasteiger partial charge in [-0.2, -0.15) is 0 Å². The van der Waals surface area contributed by atoms with Crippen molar-refractivity contribution in [1.82, 2.24) is 0 Å². The molecule has 8 nitrogen and oxygen atoms in total. The summed E-state index contributed by atoms with van der Waals surface area (Å²) in [7, 11) is 0. The van der Waals surface area contributed by atoms with Crippen molar-refractivity contribution < 1.29 is 18.9 Å². The summed E-state index contributed by atoms with van der Waals surface area (Å²) in [5.74, 6) is 5.18. The third-order valence-corrected chi connectivity index (χ3v) is 27.4. The van der Waals surface area contributed by atoms with Gasteiger partial charge in [-0.25, -0.2) is 0 Å². The number of anilines is 10. The summed E-state index contributed by atoms with van der Waals surface area (Å²) < 4.78 is 27.3. The van der Waals surface area contributed by atoms with Crippen LogP contribution in [0.15, 0.2) is 400 Å². The van der Waals surface area contributed by atoms with Crippen LogP contribution < -0.4 is 60.2 Å². The second-order valence-electron chi connectivity index (χ2n) is 33.5. The molecule has 10 heteroatoms. The molecule has 8 aliphatic rings. The minimum absolute atomic E-state index is 0.209. The molecule has 0 radical (unpaired) electrons. The average Bonchev–Trinajstić information content (AvgIpc) is 1.63. The maximum atomic E-state index is 6.96. The van der Waals surface area contributed by atoms with Crippen LogP contribution in [-0.4, -0.2) is 13.7 Å². The summed E-state index contributed by atoms with van der Waals surface area (Å²) in [6.07, 6.45) is 0. The number of hydrogen-bond donors (Lipinski definition) is 0. The van der Waals surface area contributed by atoms with E-state index >= 15 is 0 Å². The van der Waals surface area contributed by atoms with Gasteiger partial charge in [0, 0.05) is 73.8 Å². The molecule has 0 saturated heterocycles. The number of ether oxygens (including phenoxy) is 4. The lowest BCUT2D eigenvalue weighted by atomic mass is 9.42. The summed E-state index contributed by atoms with van der Waals surface area (Å²) >= 11 is 0. The molecule has 0 bridgehead atoms. The molecular formula is C113H66B2N4O4. The topological polar surface area (TPSA) is 49.9 Å². The average molecular weight is 1570 g/mol. The third kappa shape index (κ3) is 9.25. The molecule has 20 aromatic carbocycles. The monoisotopic (exact) mass is 1560 g/mol. The highest BCUT2D eigenvalue weighted by Gasteiger charge is 2.57. The van der Waals surface area contributed by atoms with Crippen molar-refractivity contribution in [2.75, 3.05) is 19.4 Å². The van der Waals surface area contributed by atoms with Crippen LogP contribution in [0.1, 0.15) is 22.3 Å². The largest absolute Gasteiger partial charge is 0.450 e. The Kier molecular flexibility index (Phi) is 13.6. The molecule has 28 rings (SSSR count). The Morgan fingerprint density at radius 1 is 0.211 bits per heavy atom. The maximum Gasteiger partial charge on any atom is 0.333 e. The Balaban J connectivity index is 0.605. The fraction of sp³-hybridized carbons (Fsp3) is 0.00885. The van der Waals surface area contributed by atoms with Gasteiger partial charge in [0.15, 0.2) is 46.0 Å². The van der Waals surface area contributed by atoms with E-state index in [1.54, 1.807) is 0 Å². The number of hydrogen-bond acceptors (Lipinski definition) is 8. The van der Waals surface area contributed by atoms with E-state index in [0.717, 1.165) is 106 Å². The first-order valence-electron chi connectivity index (χ1n) is 42.4. The van der Waals surface area contributed by atoms with E-state index in [-0.39, 0.29) is 13.7 Å². The van der Waals surface area contributed by atoms with Gasteiger partial charge >= 0.3 is 13.7 Å². The first-order valence-corrected chi connectivity index (χ1v) is 42.4. The Labute approximate surface area is 710 Å². The van der Waals surface area contributed by atoms with Gasteiger partial charge in [0.1, 0.15) is 0 Å². The number of rotatable bonds is 6. The van der Waals surface area contributed by atoms with E-state index in [4.69, 9.17) is 18.9 Å². The van der Waals surface area contributed by atoms with Gasteiger partial charge in [-0.3, -0.25) is 0 Å². The van der Waals surface area contributed by atoms with Crippen LogP contribution in [0.5, 0.6) is 46.0 Å². The van der Waals surface area contributed by atoms with Crippen LogP contribution in [-0.2, 0) is 5.41 Å². The molecule has 1 spiro atoms.